The van der Waals surface area contributed by atoms with Gasteiger partial charge in [-0.15, -0.1) is 0 Å². The van der Waals surface area contributed by atoms with E-state index in [4.69, 9.17) is 5.11 Å². The van der Waals surface area contributed by atoms with Crippen molar-refractivity contribution in [1.82, 2.24) is 9.78 Å². The van der Waals surface area contributed by atoms with E-state index in [9.17, 15) is 10.1 Å². The van der Waals surface area contributed by atoms with Crippen molar-refractivity contribution in [2.24, 2.45) is 5.92 Å². The molecule has 0 bridgehead atoms. The molecule has 1 unspecified atom stereocenters. The van der Waals surface area contributed by atoms with Crippen LogP contribution in [0.1, 0.15) is 26.0 Å². The van der Waals surface area contributed by atoms with E-state index in [2.05, 4.69) is 10.4 Å². The summed E-state index contributed by atoms with van der Waals surface area (Å²) in [6.07, 6.45) is 0.850. The Morgan fingerprint density at radius 2 is 2.28 bits per heavy atom. The van der Waals surface area contributed by atoms with Gasteiger partial charge in [0.25, 0.3) is 0 Å². The molecule has 0 spiro atoms. The van der Waals surface area contributed by atoms with Crippen LogP contribution >= 0.6 is 0 Å². The van der Waals surface area contributed by atoms with Gasteiger partial charge < -0.3 is 10.4 Å². The number of aliphatic hydroxyl groups excluding tert-OH is 1. The molecule has 102 valence electrons. The van der Waals surface area contributed by atoms with Crippen molar-refractivity contribution in [3.63, 3.8) is 0 Å². The van der Waals surface area contributed by atoms with E-state index in [-0.39, 0.29) is 18.2 Å². The molecule has 0 aliphatic heterocycles. The van der Waals surface area contributed by atoms with E-state index in [1.807, 2.05) is 13.8 Å². The van der Waals surface area contributed by atoms with Crippen molar-refractivity contribution in [3.05, 3.63) is 15.8 Å². The monoisotopic (exact) mass is 256 g/mol. The van der Waals surface area contributed by atoms with Crippen LogP contribution in [0.4, 0.5) is 11.5 Å². The molecule has 1 atom stereocenters. The third-order valence-corrected chi connectivity index (χ3v) is 2.64. The number of nitrogens with one attached hydrogen (secondary N) is 1. The SMILES string of the molecule is CCCn1nc(C)c([N+](=O)[O-])c1NCC(C)CO. The second kappa shape index (κ2) is 6.34. The highest BCUT2D eigenvalue weighted by molar-refractivity contribution is 5.59. The van der Waals surface area contributed by atoms with Crippen molar-refractivity contribution in [1.29, 1.82) is 0 Å². The summed E-state index contributed by atoms with van der Waals surface area (Å²) in [5.41, 5.74) is 0.432. The first-order chi connectivity index (χ1) is 8.51. The second-order valence-electron chi connectivity index (χ2n) is 4.43. The fourth-order valence-electron chi connectivity index (χ4n) is 1.67. The maximum atomic E-state index is 11.0. The Morgan fingerprint density at radius 3 is 2.78 bits per heavy atom. The fraction of sp³-hybridized carbons (Fsp3) is 0.727. The molecule has 0 saturated heterocycles. The molecule has 1 aromatic rings. The normalized spacial score (nSPS) is 12.4. The maximum Gasteiger partial charge on any atom is 0.333 e. The van der Waals surface area contributed by atoms with E-state index in [0.29, 0.717) is 24.6 Å². The highest BCUT2D eigenvalue weighted by Gasteiger charge is 2.25. The molecular formula is C11H20N4O3. The van der Waals surface area contributed by atoms with Crippen LogP contribution in [0, 0.1) is 23.0 Å². The van der Waals surface area contributed by atoms with Crippen LogP contribution in [-0.2, 0) is 6.54 Å². The lowest BCUT2D eigenvalue weighted by atomic mass is 10.2. The Kier molecular flexibility index (Phi) is 5.08. The van der Waals surface area contributed by atoms with Crippen LogP contribution in [0.5, 0.6) is 0 Å². The number of hydrogen-bond acceptors (Lipinski definition) is 5. The Balaban J connectivity index is 3.00. The minimum absolute atomic E-state index is 0.0218. The van der Waals surface area contributed by atoms with E-state index in [1.165, 1.54) is 0 Å². The predicted molar refractivity (Wildman–Crippen MR) is 68.6 cm³/mol. The van der Waals surface area contributed by atoms with Gasteiger partial charge in [-0.1, -0.05) is 13.8 Å². The summed E-state index contributed by atoms with van der Waals surface area (Å²) < 4.78 is 1.62. The van der Waals surface area contributed by atoms with Gasteiger partial charge in [0.15, 0.2) is 0 Å². The molecule has 0 aromatic carbocycles. The summed E-state index contributed by atoms with van der Waals surface area (Å²) in [5, 5.41) is 27.2. The topological polar surface area (TPSA) is 93.2 Å². The van der Waals surface area contributed by atoms with Crippen molar-refractivity contribution < 1.29 is 10.0 Å². The van der Waals surface area contributed by atoms with Gasteiger partial charge in [0.05, 0.1) is 4.92 Å². The fourth-order valence-corrected chi connectivity index (χ4v) is 1.67. The van der Waals surface area contributed by atoms with Crippen molar-refractivity contribution in [2.75, 3.05) is 18.5 Å². The standard InChI is InChI=1S/C11H20N4O3/c1-4-5-14-11(12-6-8(2)7-16)10(15(17)18)9(3)13-14/h8,12,16H,4-7H2,1-3H3. The summed E-state index contributed by atoms with van der Waals surface area (Å²) in [5.74, 6) is 0.467. The molecule has 1 heterocycles. The van der Waals surface area contributed by atoms with Crippen LogP contribution in [-0.4, -0.2) is 33.0 Å². The molecule has 0 aliphatic rings. The highest BCUT2D eigenvalue weighted by Crippen LogP contribution is 2.28. The Bertz CT molecular complexity index is 417. The van der Waals surface area contributed by atoms with E-state index in [0.717, 1.165) is 6.42 Å². The summed E-state index contributed by atoms with van der Waals surface area (Å²) >= 11 is 0. The number of aryl methyl sites for hydroxylation is 2. The quantitative estimate of drug-likeness (QED) is 0.570. The molecule has 1 aromatic heterocycles. The van der Waals surface area contributed by atoms with Gasteiger partial charge >= 0.3 is 5.69 Å². The van der Waals surface area contributed by atoms with Gasteiger partial charge in [0, 0.05) is 19.7 Å². The van der Waals surface area contributed by atoms with E-state index < -0.39 is 4.92 Å². The molecule has 18 heavy (non-hydrogen) atoms. The van der Waals surface area contributed by atoms with Gasteiger partial charge in [-0.3, -0.25) is 10.1 Å². The largest absolute Gasteiger partial charge is 0.396 e. The number of hydrogen-bond donors (Lipinski definition) is 2. The molecule has 0 radical (unpaired) electrons. The van der Waals surface area contributed by atoms with Crippen LogP contribution in [0.15, 0.2) is 0 Å². The van der Waals surface area contributed by atoms with Gasteiger partial charge in [-0.05, 0) is 19.3 Å². The summed E-state index contributed by atoms with van der Waals surface area (Å²) in [7, 11) is 0. The number of rotatable bonds is 7. The van der Waals surface area contributed by atoms with Crippen LogP contribution in [0.2, 0.25) is 0 Å². The molecule has 0 saturated carbocycles. The number of aliphatic hydroxyl groups is 1. The van der Waals surface area contributed by atoms with Crippen molar-refractivity contribution in [2.45, 2.75) is 33.7 Å². The Hall–Kier alpha value is -1.63. The average Bonchev–Trinajstić information content (AvgIpc) is 2.62. The number of nitrogens with zero attached hydrogens (tertiary/aromatic N) is 3. The first kappa shape index (κ1) is 14.4. The van der Waals surface area contributed by atoms with Gasteiger partial charge in [0.2, 0.25) is 5.82 Å². The smallest absolute Gasteiger partial charge is 0.333 e. The summed E-state index contributed by atoms with van der Waals surface area (Å²) in [6, 6.07) is 0. The van der Waals surface area contributed by atoms with Crippen molar-refractivity contribution >= 4 is 11.5 Å². The second-order valence-corrected chi connectivity index (χ2v) is 4.43. The molecule has 0 amide bonds. The van der Waals surface area contributed by atoms with Crippen LogP contribution in [0.3, 0.4) is 0 Å². The minimum Gasteiger partial charge on any atom is -0.396 e. The summed E-state index contributed by atoms with van der Waals surface area (Å²) in [6.45, 7) is 6.64. The minimum atomic E-state index is -0.416. The van der Waals surface area contributed by atoms with Crippen LogP contribution in [0.25, 0.3) is 0 Å². The van der Waals surface area contributed by atoms with E-state index >= 15 is 0 Å². The molecule has 7 nitrogen and oxygen atoms in total. The zero-order valence-electron chi connectivity index (χ0n) is 11.0. The molecule has 0 fully saturated rings. The third kappa shape index (κ3) is 3.19. The molecule has 0 aliphatic carbocycles. The lowest BCUT2D eigenvalue weighted by molar-refractivity contribution is -0.384. The Morgan fingerprint density at radius 1 is 1.61 bits per heavy atom. The van der Waals surface area contributed by atoms with Gasteiger partial charge in [-0.2, -0.15) is 5.10 Å². The van der Waals surface area contributed by atoms with E-state index in [1.54, 1.807) is 11.6 Å². The first-order valence-electron chi connectivity index (χ1n) is 6.07. The maximum absolute atomic E-state index is 11.0. The number of anilines is 1. The zero-order chi connectivity index (χ0) is 13.7. The van der Waals surface area contributed by atoms with Crippen molar-refractivity contribution in [3.8, 4) is 0 Å². The van der Waals surface area contributed by atoms with Gasteiger partial charge in [-0.25, -0.2) is 4.68 Å². The highest BCUT2D eigenvalue weighted by atomic mass is 16.6. The molecule has 2 N–H and O–H groups in total. The Labute approximate surface area is 106 Å². The lowest BCUT2D eigenvalue weighted by Gasteiger charge is -2.11. The zero-order valence-corrected chi connectivity index (χ0v) is 11.0. The lowest BCUT2D eigenvalue weighted by Crippen LogP contribution is -2.17. The number of nitro groups is 1. The first-order valence-corrected chi connectivity index (χ1v) is 6.07. The third-order valence-electron chi connectivity index (χ3n) is 2.64. The molecule has 7 heteroatoms. The predicted octanol–water partition coefficient (Wildman–Crippen LogP) is 1.55. The molecule has 1 rings (SSSR count). The molecular weight excluding hydrogens is 236 g/mol. The number of aromatic nitrogens is 2. The summed E-state index contributed by atoms with van der Waals surface area (Å²) in [4.78, 5) is 10.6. The van der Waals surface area contributed by atoms with Gasteiger partial charge in [0.1, 0.15) is 5.69 Å². The average molecular weight is 256 g/mol. The van der Waals surface area contributed by atoms with Crippen LogP contribution < -0.4 is 5.32 Å².